The molecule has 6 heteroatoms. The van der Waals surface area contributed by atoms with Crippen LogP contribution in [-0.4, -0.2) is 58.7 Å². The molecule has 1 aromatic heterocycles. The average Bonchev–Trinajstić information content (AvgIpc) is 3.17. The standard InChI is InChI=1S/C23H27N3O3/c1-16-14-26(15-17(2)29-16)10-11-28-19-8-9-20(22(27)12-19)23-21(13-24-25-23)18-6-4-3-5-7-18/h3-9,12-13,16-17,27H,10-11,14-15H2,1-2H3,(H,24,25)/t16-,17+. The van der Waals surface area contributed by atoms with E-state index in [1.54, 1.807) is 12.3 Å². The Bertz CT molecular complexity index is 932. The Balaban J connectivity index is 1.42. The minimum atomic E-state index is 0.164. The Morgan fingerprint density at radius 3 is 2.59 bits per heavy atom. The summed E-state index contributed by atoms with van der Waals surface area (Å²) in [4.78, 5) is 2.35. The molecule has 1 fully saturated rings. The Hall–Kier alpha value is -2.83. The number of aromatic nitrogens is 2. The number of phenolic OH excluding ortho intramolecular Hbond substituents is 1. The summed E-state index contributed by atoms with van der Waals surface area (Å²) in [5.74, 6) is 0.818. The van der Waals surface area contributed by atoms with Gasteiger partial charge < -0.3 is 14.6 Å². The lowest BCUT2D eigenvalue weighted by Gasteiger charge is -2.35. The van der Waals surface area contributed by atoms with Crippen molar-refractivity contribution in [3.8, 4) is 33.9 Å². The van der Waals surface area contributed by atoms with Crippen LogP contribution < -0.4 is 4.74 Å². The fraction of sp³-hybridized carbons (Fsp3) is 0.348. The van der Waals surface area contributed by atoms with Crippen LogP contribution in [-0.2, 0) is 4.74 Å². The molecule has 0 saturated carbocycles. The predicted molar refractivity (Wildman–Crippen MR) is 113 cm³/mol. The van der Waals surface area contributed by atoms with Crippen molar-refractivity contribution in [2.24, 2.45) is 0 Å². The second kappa shape index (κ2) is 8.68. The largest absolute Gasteiger partial charge is 0.507 e. The molecule has 0 spiro atoms. The van der Waals surface area contributed by atoms with Crippen molar-refractivity contribution in [3.05, 3.63) is 54.7 Å². The maximum Gasteiger partial charge on any atom is 0.128 e. The highest BCUT2D eigenvalue weighted by molar-refractivity contribution is 5.83. The van der Waals surface area contributed by atoms with Gasteiger partial charge in [0.1, 0.15) is 18.1 Å². The highest BCUT2D eigenvalue weighted by Gasteiger charge is 2.21. The summed E-state index contributed by atoms with van der Waals surface area (Å²) in [5.41, 5.74) is 3.48. The number of aromatic hydroxyl groups is 1. The lowest BCUT2D eigenvalue weighted by Crippen LogP contribution is -2.46. The van der Waals surface area contributed by atoms with E-state index in [0.717, 1.165) is 36.5 Å². The lowest BCUT2D eigenvalue weighted by atomic mass is 10.0. The molecule has 152 valence electrons. The molecule has 1 aliphatic rings. The number of H-pyrrole nitrogens is 1. The smallest absolute Gasteiger partial charge is 0.128 e. The summed E-state index contributed by atoms with van der Waals surface area (Å²) < 4.78 is 11.6. The van der Waals surface area contributed by atoms with Gasteiger partial charge in [0, 0.05) is 36.8 Å². The third kappa shape index (κ3) is 4.60. The summed E-state index contributed by atoms with van der Waals surface area (Å²) in [5, 5.41) is 17.8. The Kier molecular flexibility index (Phi) is 5.83. The monoisotopic (exact) mass is 393 g/mol. The number of nitrogens with zero attached hydrogens (tertiary/aromatic N) is 2. The molecule has 2 heterocycles. The van der Waals surface area contributed by atoms with Crippen molar-refractivity contribution in [3.63, 3.8) is 0 Å². The fourth-order valence-electron chi connectivity index (χ4n) is 3.90. The van der Waals surface area contributed by atoms with Crippen LogP contribution in [0.1, 0.15) is 13.8 Å². The first-order valence-electron chi connectivity index (χ1n) is 10.0. The van der Waals surface area contributed by atoms with Gasteiger partial charge in [-0.05, 0) is 31.5 Å². The molecule has 0 amide bonds. The summed E-state index contributed by atoms with van der Waals surface area (Å²) in [6.07, 6.45) is 2.27. The fourth-order valence-corrected chi connectivity index (χ4v) is 3.90. The van der Waals surface area contributed by atoms with Gasteiger partial charge >= 0.3 is 0 Å². The number of rotatable bonds is 6. The molecule has 1 aliphatic heterocycles. The van der Waals surface area contributed by atoms with E-state index >= 15 is 0 Å². The average molecular weight is 393 g/mol. The molecule has 2 aromatic carbocycles. The van der Waals surface area contributed by atoms with Gasteiger partial charge in [-0.1, -0.05) is 30.3 Å². The van der Waals surface area contributed by atoms with Gasteiger partial charge in [-0.25, -0.2) is 0 Å². The Morgan fingerprint density at radius 2 is 1.86 bits per heavy atom. The number of phenols is 1. The molecule has 1 saturated heterocycles. The minimum Gasteiger partial charge on any atom is -0.507 e. The molecule has 0 radical (unpaired) electrons. The highest BCUT2D eigenvalue weighted by Crippen LogP contribution is 2.36. The van der Waals surface area contributed by atoms with Crippen molar-refractivity contribution < 1.29 is 14.6 Å². The third-order valence-electron chi connectivity index (χ3n) is 5.13. The second-order valence-corrected chi connectivity index (χ2v) is 7.57. The van der Waals surface area contributed by atoms with Crippen LogP contribution in [0.15, 0.2) is 54.7 Å². The van der Waals surface area contributed by atoms with Gasteiger partial charge in [0.25, 0.3) is 0 Å². The van der Waals surface area contributed by atoms with Crippen molar-refractivity contribution in [2.75, 3.05) is 26.2 Å². The first kappa shape index (κ1) is 19.5. The quantitative estimate of drug-likeness (QED) is 0.664. The maximum atomic E-state index is 10.6. The van der Waals surface area contributed by atoms with Gasteiger partial charge in [-0.3, -0.25) is 10.00 Å². The van der Waals surface area contributed by atoms with Crippen molar-refractivity contribution in [1.82, 2.24) is 15.1 Å². The Morgan fingerprint density at radius 1 is 1.10 bits per heavy atom. The van der Waals surface area contributed by atoms with Gasteiger partial charge in [-0.15, -0.1) is 0 Å². The van der Waals surface area contributed by atoms with Crippen molar-refractivity contribution in [1.29, 1.82) is 0 Å². The molecule has 0 aliphatic carbocycles. The van der Waals surface area contributed by atoms with Crippen LogP contribution in [0.25, 0.3) is 22.4 Å². The zero-order chi connectivity index (χ0) is 20.2. The van der Waals surface area contributed by atoms with E-state index in [2.05, 4.69) is 28.9 Å². The number of hydrogen-bond donors (Lipinski definition) is 2. The van der Waals surface area contributed by atoms with Gasteiger partial charge in [-0.2, -0.15) is 5.10 Å². The first-order chi connectivity index (χ1) is 14.1. The number of nitrogens with one attached hydrogen (secondary N) is 1. The summed E-state index contributed by atoms with van der Waals surface area (Å²) in [7, 11) is 0. The maximum absolute atomic E-state index is 10.6. The lowest BCUT2D eigenvalue weighted by molar-refractivity contribution is -0.0699. The SMILES string of the molecule is C[C@@H]1CN(CCOc2ccc(-c3[nH]ncc3-c3ccccc3)c(O)c2)C[C@H](C)O1. The Labute approximate surface area is 171 Å². The van der Waals surface area contributed by atoms with E-state index in [9.17, 15) is 5.11 Å². The van der Waals surface area contributed by atoms with E-state index in [4.69, 9.17) is 9.47 Å². The minimum absolute atomic E-state index is 0.164. The van der Waals surface area contributed by atoms with Crippen molar-refractivity contribution >= 4 is 0 Å². The molecule has 29 heavy (non-hydrogen) atoms. The normalized spacial score (nSPS) is 19.9. The third-order valence-corrected chi connectivity index (χ3v) is 5.13. The molecule has 2 atom stereocenters. The van der Waals surface area contributed by atoms with Gasteiger partial charge in [0.05, 0.1) is 24.1 Å². The summed E-state index contributed by atoms with van der Waals surface area (Å²) in [6, 6.07) is 15.4. The van der Waals surface area contributed by atoms with E-state index in [1.165, 1.54) is 0 Å². The molecule has 4 rings (SSSR count). The zero-order valence-corrected chi connectivity index (χ0v) is 16.8. The van der Waals surface area contributed by atoms with E-state index in [1.807, 2.05) is 42.5 Å². The van der Waals surface area contributed by atoms with Crippen LogP contribution in [0.2, 0.25) is 0 Å². The highest BCUT2D eigenvalue weighted by atomic mass is 16.5. The first-order valence-corrected chi connectivity index (χ1v) is 10.0. The van der Waals surface area contributed by atoms with Gasteiger partial charge in [0.15, 0.2) is 0 Å². The molecular weight excluding hydrogens is 366 g/mol. The van der Waals surface area contributed by atoms with Gasteiger partial charge in [0.2, 0.25) is 0 Å². The molecular formula is C23H27N3O3. The van der Waals surface area contributed by atoms with Crippen LogP contribution in [0, 0.1) is 0 Å². The van der Waals surface area contributed by atoms with E-state index < -0.39 is 0 Å². The predicted octanol–water partition coefficient (Wildman–Crippen LogP) is 3.94. The number of morpholine rings is 1. The summed E-state index contributed by atoms with van der Waals surface area (Å²) in [6.45, 7) is 7.43. The van der Waals surface area contributed by atoms with E-state index in [-0.39, 0.29) is 18.0 Å². The molecule has 2 N–H and O–H groups in total. The number of aromatic amines is 1. The number of benzene rings is 2. The van der Waals surface area contributed by atoms with E-state index in [0.29, 0.717) is 17.9 Å². The molecule has 0 bridgehead atoms. The van der Waals surface area contributed by atoms with Crippen LogP contribution in [0.4, 0.5) is 0 Å². The van der Waals surface area contributed by atoms with Crippen molar-refractivity contribution in [2.45, 2.75) is 26.1 Å². The molecule has 0 unspecified atom stereocenters. The summed E-state index contributed by atoms with van der Waals surface area (Å²) >= 11 is 0. The topological polar surface area (TPSA) is 70.6 Å². The zero-order valence-electron chi connectivity index (χ0n) is 16.8. The van der Waals surface area contributed by atoms with Crippen LogP contribution in [0.3, 0.4) is 0 Å². The van der Waals surface area contributed by atoms with Crippen LogP contribution in [0.5, 0.6) is 11.5 Å². The number of hydrogen-bond acceptors (Lipinski definition) is 5. The van der Waals surface area contributed by atoms with Crippen LogP contribution >= 0.6 is 0 Å². The molecule has 6 nitrogen and oxygen atoms in total. The second-order valence-electron chi connectivity index (χ2n) is 7.57. The molecule has 3 aromatic rings. The number of ether oxygens (including phenoxy) is 2.